The van der Waals surface area contributed by atoms with Gasteiger partial charge >= 0.3 is 0 Å². The van der Waals surface area contributed by atoms with Crippen molar-refractivity contribution in [1.29, 1.82) is 0 Å². The zero-order valence-electron chi connectivity index (χ0n) is 11.0. The molecule has 5 heteroatoms. The SMILES string of the molecule is Cc1csc2c(NC(CCO)C(C)C)ncnc12. The van der Waals surface area contributed by atoms with E-state index in [1.807, 2.05) is 0 Å². The molecule has 2 N–H and O–H groups in total. The lowest BCUT2D eigenvalue weighted by molar-refractivity contribution is 0.267. The largest absolute Gasteiger partial charge is 0.396 e. The molecular weight excluding hydrogens is 246 g/mol. The Labute approximate surface area is 111 Å². The van der Waals surface area contributed by atoms with Crippen LogP contribution in [0.15, 0.2) is 11.7 Å². The van der Waals surface area contributed by atoms with E-state index in [1.54, 1.807) is 17.7 Å². The Bertz CT molecular complexity index is 524. The Balaban J connectivity index is 2.30. The first-order chi connectivity index (χ1) is 8.63. The summed E-state index contributed by atoms with van der Waals surface area (Å²) in [5.41, 5.74) is 2.20. The summed E-state index contributed by atoms with van der Waals surface area (Å²) in [6.07, 6.45) is 2.33. The van der Waals surface area contributed by atoms with Crippen molar-refractivity contribution >= 4 is 27.4 Å². The molecule has 0 aromatic carbocycles. The minimum absolute atomic E-state index is 0.188. The molecule has 0 amide bonds. The molecule has 0 radical (unpaired) electrons. The predicted octanol–water partition coefficient (Wildman–Crippen LogP) is 2.82. The number of aliphatic hydroxyl groups excluding tert-OH is 1. The second-order valence-electron chi connectivity index (χ2n) is 4.83. The second-order valence-corrected chi connectivity index (χ2v) is 5.71. The third-order valence-corrected chi connectivity index (χ3v) is 4.19. The normalized spacial score (nSPS) is 13.2. The van der Waals surface area contributed by atoms with Crippen molar-refractivity contribution in [2.24, 2.45) is 5.92 Å². The van der Waals surface area contributed by atoms with Crippen LogP contribution in [0.3, 0.4) is 0 Å². The highest BCUT2D eigenvalue weighted by molar-refractivity contribution is 7.18. The number of nitrogens with one attached hydrogen (secondary N) is 1. The monoisotopic (exact) mass is 265 g/mol. The van der Waals surface area contributed by atoms with Gasteiger partial charge in [0.05, 0.1) is 10.2 Å². The standard InChI is InChI=1S/C13H19N3OS/c1-8(2)10(4-5-17)16-13-12-11(14-7-15-13)9(3)6-18-12/h6-8,10,17H,4-5H2,1-3H3,(H,14,15,16). The molecule has 2 rings (SSSR count). The van der Waals surface area contributed by atoms with E-state index in [2.05, 4.69) is 41.4 Å². The lowest BCUT2D eigenvalue weighted by atomic mass is 10.0. The van der Waals surface area contributed by atoms with E-state index in [1.165, 1.54) is 5.56 Å². The van der Waals surface area contributed by atoms with Crippen molar-refractivity contribution in [3.05, 3.63) is 17.3 Å². The van der Waals surface area contributed by atoms with E-state index in [4.69, 9.17) is 5.11 Å². The fourth-order valence-corrected chi connectivity index (χ4v) is 2.91. The van der Waals surface area contributed by atoms with Gasteiger partial charge in [-0.15, -0.1) is 11.3 Å². The summed E-state index contributed by atoms with van der Waals surface area (Å²) in [6.45, 7) is 6.54. The van der Waals surface area contributed by atoms with Crippen molar-refractivity contribution in [3.63, 3.8) is 0 Å². The first-order valence-corrected chi connectivity index (χ1v) is 7.07. The summed E-state index contributed by atoms with van der Waals surface area (Å²) >= 11 is 1.66. The molecule has 0 fully saturated rings. The Morgan fingerprint density at radius 2 is 2.17 bits per heavy atom. The Kier molecular flexibility index (Phi) is 4.14. The fourth-order valence-electron chi connectivity index (χ4n) is 1.96. The van der Waals surface area contributed by atoms with Gasteiger partial charge < -0.3 is 10.4 Å². The minimum atomic E-state index is 0.188. The van der Waals surface area contributed by atoms with Gasteiger partial charge in [-0.2, -0.15) is 0 Å². The number of aliphatic hydroxyl groups is 1. The van der Waals surface area contributed by atoms with Crippen molar-refractivity contribution in [2.75, 3.05) is 11.9 Å². The molecule has 18 heavy (non-hydrogen) atoms. The van der Waals surface area contributed by atoms with E-state index in [9.17, 15) is 0 Å². The summed E-state index contributed by atoms with van der Waals surface area (Å²) < 4.78 is 1.10. The average Bonchev–Trinajstić information content (AvgIpc) is 2.72. The van der Waals surface area contributed by atoms with Gasteiger partial charge in [0.1, 0.15) is 12.1 Å². The Hall–Kier alpha value is -1.20. The molecule has 0 aliphatic carbocycles. The lowest BCUT2D eigenvalue weighted by Crippen LogP contribution is -2.27. The summed E-state index contributed by atoms with van der Waals surface area (Å²) in [7, 11) is 0. The maximum atomic E-state index is 9.11. The van der Waals surface area contributed by atoms with Crippen molar-refractivity contribution in [1.82, 2.24) is 9.97 Å². The minimum Gasteiger partial charge on any atom is -0.396 e. The molecule has 2 aromatic rings. The fraction of sp³-hybridized carbons (Fsp3) is 0.538. The number of hydrogen-bond acceptors (Lipinski definition) is 5. The molecule has 1 unspecified atom stereocenters. The summed E-state index contributed by atoms with van der Waals surface area (Å²) in [5, 5.41) is 14.6. The van der Waals surface area contributed by atoms with Crippen LogP contribution < -0.4 is 5.32 Å². The summed E-state index contributed by atoms with van der Waals surface area (Å²) in [6, 6.07) is 0.232. The van der Waals surface area contributed by atoms with Crippen LogP contribution in [0, 0.1) is 12.8 Å². The van der Waals surface area contributed by atoms with Crippen LogP contribution in [0.1, 0.15) is 25.8 Å². The molecule has 98 valence electrons. The molecule has 0 aliphatic rings. The maximum absolute atomic E-state index is 9.11. The van der Waals surface area contributed by atoms with Crippen molar-refractivity contribution in [3.8, 4) is 0 Å². The first-order valence-electron chi connectivity index (χ1n) is 6.19. The molecule has 0 bridgehead atoms. The van der Waals surface area contributed by atoms with Gasteiger partial charge in [0, 0.05) is 12.6 Å². The number of fused-ring (bicyclic) bond motifs is 1. The number of anilines is 1. The van der Waals surface area contributed by atoms with Gasteiger partial charge in [0.25, 0.3) is 0 Å². The highest BCUT2D eigenvalue weighted by Crippen LogP contribution is 2.29. The van der Waals surface area contributed by atoms with Gasteiger partial charge in [0.2, 0.25) is 0 Å². The number of thiophene rings is 1. The average molecular weight is 265 g/mol. The van der Waals surface area contributed by atoms with Gasteiger partial charge in [-0.3, -0.25) is 0 Å². The lowest BCUT2D eigenvalue weighted by Gasteiger charge is -2.22. The van der Waals surface area contributed by atoms with Crippen LogP contribution in [-0.4, -0.2) is 27.7 Å². The smallest absolute Gasteiger partial charge is 0.147 e. The van der Waals surface area contributed by atoms with E-state index in [-0.39, 0.29) is 12.6 Å². The molecule has 0 saturated heterocycles. The molecule has 0 aliphatic heterocycles. The van der Waals surface area contributed by atoms with E-state index >= 15 is 0 Å². The molecule has 1 atom stereocenters. The van der Waals surface area contributed by atoms with Gasteiger partial charge in [-0.25, -0.2) is 9.97 Å². The second kappa shape index (κ2) is 5.63. The van der Waals surface area contributed by atoms with Gasteiger partial charge in [-0.05, 0) is 30.2 Å². The van der Waals surface area contributed by atoms with E-state index < -0.39 is 0 Å². The Morgan fingerprint density at radius 1 is 1.39 bits per heavy atom. The summed E-state index contributed by atoms with van der Waals surface area (Å²) in [4.78, 5) is 8.64. The third kappa shape index (κ3) is 2.62. The molecule has 2 aromatic heterocycles. The maximum Gasteiger partial charge on any atom is 0.147 e. The molecular formula is C13H19N3OS. The van der Waals surface area contributed by atoms with Crippen LogP contribution in [0.25, 0.3) is 10.2 Å². The number of hydrogen-bond donors (Lipinski definition) is 2. The molecule has 2 heterocycles. The van der Waals surface area contributed by atoms with E-state index in [0.717, 1.165) is 22.5 Å². The van der Waals surface area contributed by atoms with Gasteiger partial charge in [-0.1, -0.05) is 13.8 Å². The topological polar surface area (TPSA) is 58.0 Å². The molecule has 4 nitrogen and oxygen atoms in total. The predicted molar refractivity (Wildman–Crippen MR) is 76.1 cm³/mol. The quantitative estimate of drug-likeness (QED) is 0.873. The van der Waals surface area contributed by atoms with Crippen LogP contribution in [0.5, 0.6) is 0 Å². The highest BCUT2D eigenvalue weighted by atomic mass is 32.1. The molecule has 0 saturated carbocycles. The Morgan fingerprint density at radius 3 is 2.83 bits per heavy atom. The zero-order chi connectivity index (χ0) is 13.1. The van der Waals surface area contributed by atoms with Crippen LogP contribution >= 0.6 is 11.3 Å². The van der Waals surface area contributed by atoms with Crippen LogP contribution in [0.2, 0.25) is 0 Å². The summed E-state index contributed by atoms with van der Waals surface area (Å²) in [5.74, 6) is 1.33. The number of aromatic nitrogens is 2. The zero-order valence-corrected chi connectivity index (χ0v) is 11.8. The first kappa shape index (κ1) is 13.2. The molecule has 0 spiro atoms. The van der Waals surface area contributed by atoms with Crippen LogP contribution in [0.4, 0.5) is 5.82 Å². The van der Waals surface area contributed by atoms with Crippen molar-refractivity contribution in [2.45, 2.75) is 33.2 Å². The van der Waals surface area contributed by atoms with Gasteiger partial charge in [0.15, 0.2) is 0 Å². The van der Waals surface area contributed by atoms with Crippen molar-refractivity contribution < 1.29 is 5.11 Å². The third-order valence-electron chi connectivity index (χ3n) is 3.10. The van der Waals surface area contributed by atoms with Crippen LogP contribution in [-0.2, 0) is 0 Å². The number of rotatable bonds is 5. The number of aryl methyl sites for hydroxylation is 1. The number of nitrogens with zero attached hydrogens (tertiary/aromatic N) is 2. The van der Waals surface area contributed by atoms with E-state index in [0.29, 0.717) is 5.92 Å². The highest BCUT2D eigenvalue weighted by Gasteiger charge is 2.16.